The van der Waals surface area contributed by atoms with Crippen LogP contribution in [0.25, 0.3) is 5.69 Å². The third-order valence-corrected chi connectivity index (χ3v) is 4.50. The summed E-state index contributed by atoms with van der Waals surface area (Å²) in [6.07, 6.45) is 4.19. The van der Waals surface area contributed by atoms with Crippen molar-refractivity contribution >= 4 is 29.9 Å². The number of aliphatic imine (C=N–C) groups is 1. The zero-order chi connectivity index (χ0) is 18.2. The SMILES string of the molecule is CCNC(=NCc1nncn1-c1ccccc1)N1CCC(OCC)CC1.I. The summed E-state index contributed by atoms with van der Waals surface area (Å²) < 4.78 is 7.73. The molecular weight excluding hydrogens is 455 g/mol. The van der Waals surface area contributed by atoms with Crippen molar-refractivity contribution in [1.82, 2.24) is 25.0 Å². The van der Waals surface area contributed by atoms with Gasteiger partial charge in [0.05, 0.1) is 6.10 Å². The molecule has 8 heteroatoms. The van der Waals surface area contributed by atoms with Crippen LogP contribution in [0.5, 0.6) is 0 Å². The molecule has 0 atom stereocenters. The number of benzene rings is 1. The van der Waals surface area contributed by atoms with E-state index in [0.29, 0.717) is 12.6 Å². The van der Waals surface area contributed by atoms with Crippen LogP contribution in [0.15, 0.2) is 41.7 Å². The molecule has 0 saturated carbocycles. The topological polar surface area (TPSA) is 67.6 Å². The maximum Gasteiger partial charge on any atom is 0.194 e. The molecule has 2 aromatic rings. The summed E-state index contributed by atoms with van der Waals surface area (Å²) in [5, 5.41) is 11.7. The van der Waals surface area contributed by atoms with Crippen molar-refractivity contribution in [3.05, 3.63) is 42.5 Å². The molecule has 0 unspecified atom stereocenters. The largest absolute Gasteiger partial charge is 0.378 e. The van der Waals surface area contributed by atoms with Crippen molar-refractivity contribution in [2.45, 2.75) is 39.3 Å². The Bertz CT molecular complexity index is 697. The second kappa shape index (κ2) is 11.2. The number of aromatic nitrogens is 3. The molecule has 27 heavy (non-hydrogen) atoms. The highest BCUT2D eigenvalue weighted by molar-refractivity contribution is 14.0. The Hall–Kier alpha value is -1.68. The minimum Gasteiger partial charge on any atom is -0.378 e. The minimum atomic E-state index is 0. The van der Waals surface area contributed by atoms with Crippen molar-refractivity contribution in [2.75, 3.05) is 26.2 Å². The zero-order valence-electron chi connectivity index (χ0n) is 16.0. The normalized spacial score (nSPS) is 15.5. The number of para-hydroxylation sites is 1. The van der Waals surface area contributed by atoms with Crippen molar-refractivity contribution in [3.8, 4) is 5.69 Å². The average molecular weight is 484 g/mol. The van der Waals surface area contributed by atoms with Crippen LogP contribution in [0, 0.1) is 0 Å². The summed E-state index contributed by atoms with van der Waals surface area (Å²) in [6.45, 7) is 8.19. The molecule has 2 heterocycles. The molecule has 148 valence electrons. The van der Waals surface area contributed by atoms with E-state index in [2.05, 4.69) is 34.3 Å². The van der Waals surface area contributed by atoms with Crippen molar-refractivity contribution in [3.63, 3.8) is 0 Å². The van der Waals surface area contributed by atoms with Gasteiger partial charge >= 0.3 is 0 Å². The standard InChI is InChI=1S/C19H28N6O.HI/c1-3-20-19(24-12-10-17(11-13-24)26-4-2)21-14-18-23-22-15-25(18)16-8-6-5-7-9-16;/h5-9,15,17H,3-4,10-14H2,1-2H3,(H,20,21);1H. The Morgan fingerprint density at radius 2 is 1.96 bits per heavy atom. The Kier molecular flexibility index (Phi) is 8.99. The van der Waals surface area contributed by atoms with Gasteiger partial charge in [0.25, 0.3) is 0 Å². The maximum atomic E-state index is 5.75. The van der Waals surface area contributed by atoms with Gasteiger partial charge in [0.1, 0.15) is 12.9 Å². The number of ether oxygens (including phenoxy) is 1. The van der Waals surface area contributed by atoms with Gasteiger partial charge in [-0.3, -0.25) is 4.57 Å². The van der Waals surface area contributed by atoms with E-state index in [4.69, 9.17) is 9.73 Å². The molecular formula is C19H29IN6O. The van der Waals surface area contributed by atoms with E-state index in [0.717, 1.165) is 56.6 Å². The maximum absolute atomic E-state index is 5.75. The van der Waals surface area contributed by atoms with Crippen LogP contribution in [-0.4, -0.2) is 58.0 Å². The number of nitrogens with one attached hydrogen (secondary N) is 1. The van der Waals surface area contributed by atoms with Gasteiger partial charge in [-0.05, 0) is 38.8 Å². The molecule has 0 amide bonds. The van der Waals surface area contributed by atoms with Crippen LogP contribution >= 0.6 is 24.0 Å². The lowest BCUT2D eigenvalue weighted by atomic mass is 10.1. The van der Waals surface area contributed by atoms with Crippen LogP contribution in [0.3, 0.4) is 0 Å². The number of nitrogens with zero attached hydrogens (tertiary/aromatic N) is 5. The number of piperidine rings is 1. The van der Waals surface area contributed by atoms with Gasteiger partial charge in [0, 0.05) is 31.9 Å². The monoisotopic (exact) mass is 484 g/mol. The highest BCUT2D eigenvalue weighted by atomic mass is 127. The highest BCUT2D eigenvalue weighted by Gasteiger charge is 2.21. The van der Waals surface area contributed by atoms with Crippen molar-refractivity contribution < 1.29 is 4.74 Å². The Balaban J connectivity index is 0.00000261. The molecule has 0 aliphatic carbocycles. The molecule has 1 aliphatic heterocycles. The molecule has 7 nitrogen and oxygen atoms in total. The summed E-state index contributed by atoms with van der Waals surface area (Å²) in [5.74, 6) is 1.76. The van der Waals surface area contributed by atoms with Gasteiger partial charge < -0.3 is 15.0 Å². The van der Waals surface area contributed by atoms with E-state index in [1.165, 1.54) is 0 Å². The summed E-state index contributed by atoms with van der Waals surface area (Å²) >= 11 is 0. The van der Waals surface area contributed by atoms with Crippen LogP contribution < -0.4 is 5.32 Å². The predicted octanol–water partition coefficient (Wildman–Crippen LogP) is 2.85. The zero-order valence-corrected chi connectivity index (χ0v) is 18.4. The molecule has 1 fully saturated rings. The number of guanidine groups is 1. The lowest BCUT2D eigenvalue weighted by Gasteiger charge is -2.34. The van der Waals surface area contributed by atoms with E-state index in [-0.39, 0.29) is 24.0 Å². The Morgan fingerprint density at radius 3 is 2.63 bits per heavy atom. The number of likely N-dealkylation sites (tertiary alicyclic amines) is 1. The molecule has 1 N–H and O–H groups in total. The fourth-order valence-corrected chi connectivity index (χ4v) is 3.21. The molecule has 0 radical (unpaired) electrons. The van der Waals surface area contributed by atoms with E-state index >= 15 is 0 Å². The second-order valence-electron chi connectivity index (χ2n) is 6.26. The van der Waals surface area contributed by atoms with Gasteiger partial charge in [0.2, 0.25) is 0 Å². The number of rotatable bonds is 6. The van der Waals surface area contributed by atoms with Crippen LogP contribution in [-0.2, 0) is 11.3 Å². The van der Waals surface area contributed by atoms with Gasteiger partial charge in [-0.15, -0.1) is 34.2 Å². The summed E-state index contributed by atoms with van der Waals surface area (Å²) in [7, 11) is 0. The van der Waals surface area contributed by atoms with E-state index in [1.54, 1.807) is 6.33 Å². The fourth-order valence-electron chi connectivity index (χ4n) is 3.21. The fraction of sp³-hybridized carbons (Fsp3) is 0.526. The quantitative estimate of drug-likeness (QED) is 0.388. The molecule has 1 aromatic carbocycles. The summed E-state index contributed by atoms with van der Waals surface area (Å²) in [6, 6.07) is 10.1. The highest BCUT2D eigenvalue weighted by Crippen LogP contribution is 2.14. The molecule has 1 saturated heterocycles. The Labute approximate surface area is 178 Å². The Morgan fingerprint density at radius 1 is 1.22 bits per heavy atom. The lowest BCUT2D eigenvalue weighted by Crippen LogP contribution is -2.47. The smallest absolute Gasteiger partial charge is 0.194 e. The van der Waals surface area contributed by atoms with Crippen LogP contribution in [0.1, 0.15) is 32.5 Å². The molecule has 1 aromatic heterocycles. The molecule has 0 bridgehead atoms. The third-order valence-electron chi connectivity index (χ3n) is 4.50. The van der Waals surface area contributed by atoms with Gasteiger partial charge in [0.15, 0.2) is 11.8 Å². The summed E-state index contributed by atoms with van der Waals surface area (Å²) in [4.78, 5) is 7.11. The first-order valence-electron chi connectivity index (χ1n) is 9.41. The first-order valence-corrected chi connectivity index (χ1v) is 9.41. The lowest BCUT2D eigenvalue weighted by molar-refractivity contribution is 0.0263. The van der Waals surface area contributed by atoms with Crippen LogP contribution in [0.4, 0.5) is 0 Å². The van der Waals surface area contributed by atoms with E-state index in [1.807, 2.05) is 34.9 Å². The molecule has 3 rings (SSSR count). The minimum absolute atomic E-state index is 0. The van der Waals surface area contributed by atoms with Gasteiger partial charge in [-0.2, -0.15) is 0 Å². The van der Waals surface area contributed by atoms with Crippen molar-refractivity contribution in [1.29, 1.82) is 0 Å². The second-order valence-corrected chi connectivity index (χ2v) is 6.26. The predicted molar refractivity (Wildman–Crippen MR) is 118 cm³/mol. The van der Waals surface area contributed by atoms with Crippen LogP contribution in [0.2, 0.25) is 0 Å². The first kappa shape index (κ1) is 21.6. The van der Waals surface area contributed by atoms with E-state index in [9.17, 15) is 0 Å². The number of hydrogen-bond acceptors (Lipinski definition) is 4. The van der Waals surface area contributed by atoms with Gasteiger partial charge in [-0.25, -0.2) is 4.99 Å². The van der Waals surface area contributed by atoms with Gasteiger partial charge in [-0.1, -0.05) is 18.2 Å². The summed E-state index contributed by atoms with van der Waals surface area (Å²) in [5.41, 5.74) is 1.05. The average Bonchev–Trinajstić information content (AvgIpc) is 3.15. The number of halogens is 1. The molecule has 1 aliphatic rings. The molecule has 0 spiro atoms. The van der Waals surface area contributed by atoms with E-state index < -0.39 is 0 Å². The van der Waals surface area contributed by atoms with Crippen molar-refractivity contribution in [2.24, 2.45) is 4.99 Å². The first-order chi connectivity index (χ1) is 12.8. The number of hydrogen-bond donors (Lipinski definition) is 1. The third kappa shape index (κ3) is 5.90.